The van der Waals surface area contributed by atoms with Crippen LogP contribution in [0.1, 0.15) is 21.5 Å². The number of methoxy groups -OCH3 is 1. The fraction of sp³-hybridized carbons (Fsp3) is 0.120. The summed E-state index contributed by atoms with van der Waals surface area (Å²) in [6.07, 6.45) is 3.19. The maximum Gasteiger partial charge on any atom is 0.271 e. The zero-order valence-corrected chi connectivity index (χ0v) is 17.3. The number of benzene rings is 3. The van der Waals surface area contributed by atoms with Crippen LogP contribution in [0.3, 0.4) is 0 Å². The molecule has 0 saturated carbocycles. The molecule has 6 nitrogen and oxygen atoms in total. The molecule has 1 N–H and O–H groups in total. The number of hydrogen-bond donors (Lipinski definition) is 1. The molecule has 0 atom stereocenters. The van der Waals surface area contributed by atoms with Gasteiger partial charge in [-0.15, -0.1) is 0 Å². The number of nitrogens with one attached hydrogen (secondary N) is 1. The molecule has 0 unspecified atom stereocenters. The number of nitrogens with zero attached hydrogens (tertiary/aromatic N) is 1. The maximum absolute atomic E-state index is 12.5. The van der Waals surface area contributed by atoms with E-state index in [4.69, 9.17) is 14.2 Å². The lowest BCUT2D eigenvalue weighted by Gasteiger charge is -2.10. The monoisotopic (exact) mass is 416 g/mol. The first-order chi connectivity index (χ1) is 15.2. The number of ether oxygens (including phenoxy) is 3. The third-order valence-electron chi connectivity index (χ3n) is 4.31. The van der Waals surface area contributed by atoms with E-state index in [1.165, 1.54) is 7.11 Å². The molecule has 0 aliphatic rings. The number of rotatable bonds is 10. The minimum atomic E-state index is -0.368. The van der Waals surface area contributed by atoms with Crippen LogP contribution < -0.4 is 19.6 Å². The first-order valence-electron chi connectivity index (χ1n) is 9.72. The van der Waals surface area contributed by atoms with E-state index in [0.29, 0.717) is 36.0 Å². The van der Waals surface area contributed by atoms with Gasteiger partial charge in [0.05, 0.1) is 13.3 Å². The molecule has 0 spiro atoms. The van der Waals surface area contributed by atoms with E-state index in [2.05, 4.69) is 17.1 Å². The predicted molar refractivity (Wildman–Crippen MR) is 121 cm³/mol. The highest BCUT2D eigenvalue weighted by Gasteiger charge is 2.10. The molecule has 0 aliphatic carbocycles. The standard InChI is InChI=1S/C25H24N2O4/c1-3-15-30-23-14-13-20(16-24(23)29-2)25(28)27-26-17-21-11-7-8-12-22(21)31-18-19-9-5-4-6-10-19/h3-14,16-17H,1,15,18H2,2H3,(H,27,28)/b26-17+. The summed E-state index contributed by atoms with van der Waals surface area (Å²) in [7, 11) is 1.52. The van der Waals surface area contributed by atoms with Gasteiger partial charge < -0.3 is 14.2 Å². The van der Waals surface area contributed by atoms with Gasteiger partial charge in [-0.2, -0.15) is 5.10 Å². The Morgan fingerprint density at radius 2 is 1.74 bits per heavy atom. The van der Waals surface area contributed by atoms with Gasteiger partial charge in [-0.05, 0) is 35.9 Å². The topological polar surface area (TPSA) is 69.2 Å². The molecule has 3 aromatic rings. The molecule has 0 bridgehead atoms. The van der Waals surface area contributed by atoms with E-state index in [1.54, 1.807) is 30.5 Å². The van der Waals surface area contributed by atoms with E-state index in [1.807, 2.05) is 54.6 Å². The molecule has 3 aromatic carbocycles. The Morgan fingerprint density at radius 3 is 2.52 bits per heavy atom. The van der Waals surface area contributed by atoms with Crippen molar-refractivity contribution in [3.05, 3.63) is 102 Å². The largest absolute Gasteiger partial charge is 0.493 e. The number of hydrogen-bond acceptors (Lipinski definition) is 5. The van der Waals surface area contributed by atoms with Crippen molar-refractivity contribution in [3.8, 4) is 17.2 Å². The second-order valence-corrected chi connectivity index (χ2v) is 6.48. The summed E-state index contributed by atoms with van der Waals surface area (Å²) in [5.74, 6) is 1.30. The van der Waals surface area contributed by atoms with Crippen LogP contribution in [-0.4, -0.2) is 25.8 Å². The number of carbonyl (C=O) groups is 1. The molecule has 6 heteroatoms. The van der Waals surface area contributed by atoms with Crippen molar-refractivity contribution < 1.29 is 19.0 Å². The Kier molecular flexibility index (Phi) is 7.83. The minimum absolute atomic E-state index is 0.345. The highest BCUT2D eigenvalue weighted by Crippen LogP contribution is 2.28. The highest BCUT2D eigenvalue weighted by molar-refractivity contribution is 5.95. The molecule has 0 radical (unpaired) electrons. The lowest BCUT2D eigenvalue weighted by atomic mass is 10.2. The molecule has 0 saturated heterocycles. The summed E-state index contributed by atoms with van der Waals surface area (Å²) in [6.45, 7) is 4.40. The molecule has 31 heavy (non-hydrogen) atoms. The molecular weight excluding hydrogens is 392 g/mol. The van der Waals surface area contributed by atoms with Crippen molar-refractivity contribution in [2.75, 3.05) is 13.7 Å². The van der Waals surface area contributed by atoms with Crippen molar-refractivity contribution in [3.63, 3.8) is 0 Å². The number of amides is 1. The fourth-order valence-electron chi connectivity index (χ4n) is 2.76. The van der Waals surface area contributed by atoms with Crippen LogP contribution in [0.5, 0.6) is 17.2 Å². The van der Waals surface area contributed by atoms with Crippen LogP contribution in [0.25, 0.3) is 0 Å². The average Bonchev–Trinajstić information content (AvgIpc) is 2.82. The van der Waals surface area contributed by atoms with Crippen LogP contribution in [0.4, 0.5) is 0 Å². The normalized spacial score (nSPS) is 10.5. The summed E-state index contributed by atoms with van der Waals surface area (Å²) in [5, 5.41) is 4.07. The van der Waals surface area contributed by atoms with E-state index in [9.17, 15) is 4.79 Å². The van der Waals surface area contributed by atoms with Gasteiger partial charge in [0.1, 0.15) is 19.0 Å². The summed E-state index contributed by atoms with van der Waals surface area (Å²) in [5.41, 5.74) is 4.74. The first-order valence-corrected chi connectivity index (χ1v) is 9.72. The van der Waals surface area contributed by atoms with Gasteiger partial charge in [0.2, 0.25) is 0 Å². The molecule has 3 rings (SSSR count). The smallest absolute Gasteiger partial charge is 0.271 e. The lowest BCUT2D eigenvalue weighted by Crippen LogP contribution is -2.17. The first kappa shape index (κ1) is 21.6. The van der Waals surface area contributed by atoms with Gasteiger partial charge in [0.15, 0.2) is 11.5 Å². The summed E-state index contributed by atoms with van der Waals surface area (Å²) >= 11 is 0. The Labute approximate surface area is 181 Å². The van der Waals surface area contributed by atoms with Crippen molar-refractivity contribution in [2.45, 2.75) is 6.61 Å². The summed E-state index contributed by atoms with van der Waals surface area (Å²) in [6, 6.07) is 22.3. The van der Waals surface area contributed by atoms with E-state index < -0.39 is 0 Å². The molecular formula is C25H24N2O4. The third kappa shape index (κ3) is 6.21. The van der Waals surface area contributed by atoms with E-state index >= 15 is 0 Å². The summed E-state index contributed by atoms with van der Waals surface area (Å²) < 4.78 is 16.7. The van der Waals surface area contributed by atoms with Crippen LogP contribution in [0.2, 0.25) is 0 Å². The lowest BCUT2D eigenvalue weighted by molar-refractivity contribution is 0.0954. The maximum atomic E-state index is 12.5. The summed E-state index contributed by atoms with van der Waals surface area (Å²) in [4.78, 5) is 12.5. The Balaban J connectivity index is 1.64. The quantitative estimate of drug-likeness (QED) is 0.298. The van der Waals surface area contributed by atoms with Gasteiger partial charge >= 0.3 is 0 Å². The Hall–Kier alpha value is -4.06. The van der Waals surface area contributed by atoms with Crippen molar-refractivity contribution >= 4 is 12.1 Å². The second-order valence-electron chi connectivity index (χ2n) is 6.48. The zero-order valence-electron chi connectivity index (χ0n) is 17.3. The fourth-order valence-corrected chi connectivity index (χ4v) is 2.76. The van der Waals surface area contributed by atoms with E-state index in [-0.39, 0.29) is 5.91 Å². The molecule has 1 amide bonds. The SMILES string of the molecule is C=CCOc1ccc(C(=O)N/N=C/c2ccccc2OCc2ccccc2)cc1OC. The molecule has 0 heterocycles. The number of para-hydroxylation sites is 1. The van der Waals surface area contributed by atoms with Crippen LogP contribution in [0, 0.1) is 0 Å². The van der Waals surface area contributed by atoms with E-state index in [0.717, 1.165) is 11.1 Å². The number of carbonyl (C=O) groups excluding carboxylic acids is 1. The average molecular weight is 416 g/mol. The van der Waals surface area contributed by atoms with Gasteiger partial charge in [-0.3, -0.25) is 4.79 Å². The van der Waals surface area contributed by atoms with Gasteiger partial charge in [-0.1, -0.05) is 55.1 Å². The zero-order chi connectivity index (χ0) is 21.9. The van der Waals surface area contributed by atoms with Crippen molar-refractivity contribution in [1.29, 1.82) is 0 Å². The Bertz CT molecular complexity index is 1050. The number of hydrazone groups is 1. The third-order valence-corrected chi connectivity index (χ3v) is 4.31. The molecule has 0 fully saturated rings. The van der Waals surface area contributed by atoms with Gasteiger partial charge in [0, 0.05) is 11.1 Å². The van der Waals surface area contributed by atoms with Gasteiger partial charge in [0.25, 0.3) is 5.91 Å². The van der Waals surface area contributed by atoms with Crippen molar-refractivity contribution in [1.82, 2.24) is 5.43 Å². The molecule has 158 valence electrons. The van der Waals surface area contributed by atoms with Crippen LogP contribution in [0.15, 0.2) is 90.6 Å². The molecule has 0 aromatic heterocycles. The van der Waals surface area contributed by atoms with Gasteiger partial charge in [-0.25, -0.2) is 5.43 Å². The van der Waals surface area contributed by atoms with Crippen molar-refractivity contribution in [2.24, 2.45) is 5.10 Å². The molecule has 0 aliphatic heterocycles. The minimum Gasteiger partial charge on any atom is -0.493 e. The van der Waals surface area contributed by atoms with Crippen LogP contribution in [-0.2, 0) is 6.61 Å². The Morgan fingerprint density at radius 1 is 0.968 bits per heavy atom. The second kappa shape index (κ2) is 11.2. The van der Waals surface area contributed by atoms with Crippen LogP contribution >= 0.6 is 0 Å². The highest BCUT2D eigenvalue weighted by atomic mass is 16.5. The predicted octanol–water partition coefficient (Wildman–Crippen LogP) is 4.60.